The number of rotatable bonds is 13. The Morgan fingerprint density at radius 2 is 1.17 bits per heavy atom. The van der Waals surface area contributed by atoms with Crippen LogP contribution in [0.25, 0.3) is 11.1 Å². The van der Waals surface area contributed by atoms with Gasteiger partial charge in [0.05, 0.1) is 18.8 Å². The van der Waals surface area contributed by atoms with Crippen LogP contribution in [0, 0.1) is 35.0 Å². The molecule has 6 aromatic carbocycles. The summed E-state index contributed by atoms with van der Waals surface area (Å²) in [6.45, 7) is 3.90. The van der Waals surface area contributed by atoms with Crippen LogP contribution >= 0.6 is 0 Å². The van der Waals surface area contributed by atoms with Gasteiger partial charge in [-0.05, 0) is 45.0 Å². The molecule has 1 amide bonds. The first-order valence-electron chi connectivity index (χ1n) is 18.9. The topological polar surface area (TPSA) is 71.0 Å². The molecule has 1 fully saturated rings. The Labute approximate surface area is 333 Å². The van der Waals surface area contributed by atoms with Gasteiger partial charge in [0.25, 0.3) is 5.91 Å². The minimum absolute atomic E-state index is 0.0399. The lowest BCUT2D eigenvalue weighted by Crippen LogP contribution is -2.44. The molecule has 6 aromatic rings. The first-order valence-corrected chi connectivity index (χ1v) is 18.9. The van der Waals surface area contributed by atoms with E-state index in [1.165, 1.54) is 11.1 Å². The molecule has 0 radical (unpaired) electrons. The summed E-state index contributed by atoms with van der Waals surface area (Å²) in [5.74, 6) is -12.6. The number of hydrogen-bond donors (Lipinski definition) is 2. The predicted molar refractivity (Wildman–Crippen MR) is 209 cm³/mol. The third-order valence-corrected chi connectivity index (χ3v) is 10.4. The van der Waals surface area contributed by atoms with Gasteiger partial charge >= 0.3 is 0 Å². The zero-order chi connectivity index (χ0) is 40.8. The number of carbonyl (C=O) groups excluding carboxylic acids is 1. The van der Waals surface area contributed by atoms with E-state index in [9.17, 15) is 31.9 Å². The second kappa shape index (κ2) is 18.3. The maximum atomic E-state index is 14.2. The van der Waals surface area contributed by atoms with E-state index in [1.54, 1.807) is 18.2 Å². The fourth-order valence-corrected chi connectivity index (χ4v) is 7.22. The standard InChI is InChI=1S/C47H41F5N2O4/c1-29-38(27-54(25-30-9-4-2-5-10-30)26-31-11-6-3-7-12-31)57-47(58-45(29)35-17-15-32(28-55)16-18-35)36-21-19-34(20-22-36)37-14-8-13-33(23-37)24-53-46(56)39-40(48)42(50)44(52)43(51)41(39)49/h2-23,29,38,45,47,55H,24-28H2,1H3,(H,53,56). The zero-order valence-electron chi connectivity index (χ0n) is 31.6. The molecule has 11 heteroatoms. The summed E-state index contributed by atoms with van der Waals surface area (Å²) >= 11 is 0. The summed E-state index contributed by atoms with van der Waals surface area (Å²) in [6, 6.07) is 43.0. The average molecular weight is 793 g/mol. The Morgan fingerprint density at radius 1 is 0.621 bits per heavy atom. The van der Waals surface area contributed by atoms with Crippen LogP contribution in [0.5, 0.6) is 0 Å². The van der Waals surface area contributed by atoms with Crippen LogP contribution in [-0.2, 0) is 35.7 Å². The van der Waals surface area contributed by atoms with E-state index in [4.69, 9.17) is 9.47 Å². The Hall–Kier alpha value is -5.72. The summed E-state index contributed by atoms with van der Waals surface area (Å²) < 4.78 is 82.9. The van der Waals surface area contributed by atoms with E-state index in [2.05, 4.69) is 41.4 Å². The van der Waals surface area contributed by atoms with E-state index in [-0.39, 0.29) is 31.3 Å². The van der Waals surface area contributed by atoms with Gasteiger partial charge in [0.1, 0.15) is 5.56 Å². The van der Waals surface area contributed by atoms with Crippen molar-refractivity contribution in [3.63, 3.8) is 0 Å². The molecule has 58 heavy (non-hydrogen) atoms. The number of aliphatic hydroxyl groups excluding tert-OH is 1. The Bertz CT molecular complexity index is 2260. The summed E-state index contributed by atoms with van der Waals surface area (Å²) in [5, 5.41) is 11.9. The zero-order valence-corrected chi connectivity index (χ0v) is 31.6. The van der Waals surface area contributed by atoms with Crippen molar-refractivity contribution in [2.75, 3.05) is 6.54 Å². The van der Waals surface area contributed by atoms with Gasteiger partial charge in [-0.15, -0.1) is 0 Å². The molecule has 0 saturated carbocycles. The van der Waals surface area contributed by atoms with Crippen LogP contribution in [0.4, 0.5) is 22.0 Å². The van der Waals surface area contributed by atoms with E-state index < -0.39 is 46.8 Å². The molecular weight excluding hydrogens is 752 g/mol. The smallest absolute Gasteiger partial charge is 0.257 e. The van der Waals surface area contributed by atoms with Crippen molar-refractivity contribution in [2.45, 2.75) is 51.7 Å². The molecule has 0 aromatic heterocycles. The number of ether oxygens (including phenoxy) is 2. The lowest BCUT2D eigenvalue weighted by Gasteiger charge is -2.43. The fraction of sp³-hybridized carbons (Fsp3) is 0.213. The molecule has 7 rings (SSSR count). The van der Waals surface area contributed by atoms with Crippen LogP contribution in [0.2, 0.25) is 0 Å². The minimum atomic E-state index is -2.33. The molecule has 4 unspecified atom stereocenters. The largest absolute Gasteiger partial charge is 0.392 e. The van der Waals surface area contributed by atoms with Crippen LogP contribution in [0.3, 0.4) is 0 Å². The average Bonchev–Trinajstić information content (AvgIpc) is 3.26. The SMILES string of the molecule is CC1C(CN(Cc2ccccc2)Cc2ccccc2)OC(c2ccc(-c3cccc(CNC(=O)c4c(F)c(F)c(F)c(F)c4F)c3)cc2)OC1c1ccc(CO)cc1. The molecule has 1 aliphatic rings. The normalized spacial score (nSPS) is 18.0. The van der Waals surface area contributed by atoms with E-state index in [0.717, 1.165) is 40.9 Å². The number of amides is 1. The van der Waals surface area contributed by atoms with Crippen molar-refractivity contribution in [1.29, 1.82) is 0 Å². The number of nitrogens with one attached hydrogen (secondary N) is 1. The number of hydrogen-bond acceptors (Lipinski definition) is 5. The lowest BCUT2D eigenvalue weighted by atomic mass is 9.89. The van der Waals surface area contributed by atoms with Gasteiger partial charge in [-0.25, -0.2) is 22.0 Å². The van der Waals surface area contributed by atoms with Gasteiger partial charge in [-0.3, -0.25) is 9.69 Å². The van der Waals surface area contributed by atoms with Gasteiger partial charge < -0.3 is 19.9 Å². The van der Waals surface area contributed by atoms with Crippen molar-refractivity contribution in [1.82, 2.24) is 10.2 Å². The number of aliphatic hydroxyl groups is 1. The maximum Gasteiger partial charge on any atom is 0.257 e. The first-order chi connectivity index (χ1) is 28.1. The summed E-state index contributed by atoms with van der Waals surface area (Å²) in [5.41, 5.74) is 5.50. The molecule has 2 N–H and O–H groups in total. The minimum Gasteiger partial charge on any atom is -0.392 e. The third-order valence-electron chi connectivity index (χ3n) is 10.4. The third kappa shape index (κ3) is 9.19. The number of carbonyl (C=O) groups is 1. The van der Waals surface area contributed by atoms with E-state index in [1.807, 2.05) is 91.0 Å². The maximum absolute atomic E-state index is 14.2. The summed E-state index contributed by atoms with van der Waals surface area (Å²) in [4.78, 5) is 14.9. The number of nitrogens with zero attached hydrogens (tertiary/aromatic N) is 1. The highest BCUT2D eigenvalue weighted by Crippen LogP contribution is 2.42. The van der Waals surface area contributed by atoms with Crippen LogP contribution in [-0.4, -0.2) is 28.6 Å². The highest BCUT2D eigenvalue weighted by atomic mass is 19.2. The van der Waals surface area contributed by atoms with Gasteiger partial charge in [0.2, 0.25) is 5.82 Å². The van der Waals surface area contributed by atoms with Gasteiger partial charge in [-0.1, -0.05) is 134 Å². The number of halogens is 5. The Balaban J connectivity index is 1.11. The molecule has 0 bridgehead atoms. The van der Waals surface area contributed by atoms with Crippen LogP contribution in [0.15, 0.2) is 133 Å². The van der Waals surface area contributed by atoms with Crippen LogP contribution < -0.4 is 5.32 Å². The van der Waals surface area contributed by atoms with Gasteiger partial charge in [0, 0.05) is 37.7 Å². The summed E-state index contributed by atoms with van der Waals surface area (Å²) in [6.07, 6.45) is -1.26. The fourth-order valence-electron chi connectivity index (χ4n) is 7.22. The first kappa shape index (κ1) is 40.5. The Morgan fingerprint density at radius 3 is 1.76 bits per heavy atom. The summed E-state index contributed by atoms with van der Waals surface area (Å²) in [7, 11) is 0. The molecule has 0 aliphatic carbocycles. The second-order valence-corrected chi connectivity index (χ2v) is 14.4. The molecule has 4 atom stereocenters. The van der Waals surface area contributed by atoms with Gasteiger partial charge in [0.15, 0.2) is 29.6 Å². The molecule has 1 saturated heterocycles. The highest BCUT2D eigenvalue weighted by molar-refractivity contribution is 5.94. The van der Waals surface area contributed by atoms with E-state index in [0.29, 0.717) is 12.1 Å². The molecule has 1 heterocycles. The molecule has 0 spiro atoms. The molecule has 298 valence electrons. The monoisotopic (exact) mass is 792 g/mol. The number of benzene rings is 6. The van der Waals surface area contributed by atoms with Crippen LogP contribution in [0.1, 0.15) is 63.1 Å². The Kier molecular flexibility index (Phi) is 12.7. The van der Waals surface area contributed by atoms with Crippen molar-refractivity contribution < 1.29 is 41.3 Å². The van der Waals surface area contributed by atoms with Crippen molar-refractivity contribution >= 4 is 5.91 Å². The van der Waals surface area contributed by atoms with Crippen molar-refractivity contribution in [2.24, 2.45) is 5.92 Å². The van der Waals surface area contributed by atoms with Crippen molar-refractivity contribution in [3.05, 3.63) is 201 Å². The lowest BCUT2D eigenvalue weighted by molar-refractivity contribution is -0.276. The molecule has 1 aliphatic heterocycles. The quantitative estimate of drug-likeness (QED) is 0.0693. The van der Waals surface area contributed by atoms with Gasteiger partial charge in [-0.2, -0.15) is 0 Å². The molecule has 6 nitrogen and oxygen atoms in total. The second-order valence-electron chi connectivity index (χ2n) is 14.4. The highest BCUT2D eigenvalue weighted by Gasteiger charge is 2.39. The van der Waals surface area contributed by atoms with E-state index >= 15 is 0 Å². The predicted octanol–water partition coefficient (Wildman–Crippen LogP) is 9.97. The van der Waals surface area contributed by atoms with Crippen molar-refractivity contribution in [3.8, 4) is 11.1 Å². The molecular formula is C47H41F5N2O4.